The molecule has 6 nitrogen and oxygen atoms in total. The first-order valence-electron chi connectivity index (χ1n) is 10.9. The Bertz CT molecular complexity index is 961. The van der Waals surface area contributed by atoms with Crippen molar-refractivity contribution in [1.29, 1.82) is 0 Å². The zero-order chi connectivity index (χ0) is 25.6. The molecule has 2 atom stereocenters. The van der Waals surface area contributed by atoms with Crippen LogP contribution in [0.2, 0.25) is 0 Å². The molecule has 0 saturated heterocycles. The third kappa shape index (κ3) is 7.71. The van der Waals surface area contributed by atoms with Gasteiger partial charge in [0.15, 0.2) is 0 Å². The largest absolute Gasteiger partial charge is 0.497 e. The number of carbonyl (C=O) groups is 2. The highest BCUT2D eigenvalue weighted by molar-refractivity contribution is 5.80. The number of hydrogen-bond acceptors (Lipinski definition) is 6. The van der Waals surface area contributed by atoms with E-state index in [2.05, 4.69) is 0 Å². The van der Waals surface area contributed by atoms with Crippen LogP contribution in [0.5, 0.6) is 11.5 Å². The molecule has 0 aliphatic rings. The fourth-order valence-corrected chi connectivity index (χ4v) is 3.58. The lowest BCUT2D eigenvalue weighted by Crippen LogP contribution is -2.30. The first-order chi connectivity index (χ1) is 15.8. The maximum absolute atomic E-state index is 14.3. The van der Waals surface area contributed by atoms with Crippen molar-refractivity contribution in [3.63, 3.8) is 0 Å². The van der Waals surface area contributed by atoms with E-state index in [1.54, 1.807) is 46.8 Å². The minimum absolute atomic E-state index is 0.158. The van der Waals surface area contributed by atoms with E-state index >= 15 is 0 Å². The molecule has 2 aromatic rings. The third-order valence-corrected chi connectivity index (χ3v) is 5.04. The Morgan fingerprint density at radius 1 is 0.853 bits per heavy atom. The minimum atomic E-state index is -0.841. The van der Waals surface area contributed by atoms with E-state index in [0.717, 1.165) is 0 Å². The monoisotopic (exact) mass is 478 g/mol. The summed E-state index contributed by atoms with van der Waals surface area (Å²) in [4.78, 5) is 24.9. The van der Waals surface area contributed by atoms with E-state index in [4.69, 9.17) is 18.9 Å². The predicted octanol–water partition coefficient (Wildman–Crippen LogP) is 5.41. The molecule has 0 heterocycles. The topological polar surface area (TPSA) is 71.1 Å². The van der Waals surface area contributed by atoms with Gasteiger partial charge in [-0.15, -0.1) is 0 Å². The fourth-order valence-electron chi connectivity index (χ4n) is 3.58. The summed E-state index contributed by atoms with van der Waals surface area (Å²) in [5.41, 5.74) is 0.167. The first kappa shape index (κ1) is 27.1. The molecule has 0 fully saturated rings. The Labute approximate surface area is 199 Å². The average Bonchev–Trinajstić information content (AvgIpc) is 2.71. The van der Waals surface area contributed by atoms with Gasteiger partial charge in [0, 0.05) is 18.1 Å². The van der Waals surface area contributed by atoms with E-state index < -0.39 is 47.1 Å². The summed E-state index contributed by atoms with van der Waals surface area (Å²) < 4.78 is 49.9. The predicted molar refractivity (Wildman–Crippen MR) is 123 cm³/mol. The van der Waals surface area contributed by atoms with Crippen LogP contribution >= 0.6 is 0 Å². The van der Waals surface area contributed by atoms with E-state index in [9.17, 15) is 18.4 Å². The average molecular weight is 479 g/mol. The summed E-state index contributed by atoms with van der Waals surface area (Å²) in [5, 5.41) is 0. The second-order valence-electron chi connectivity index (χ2n) is 9.16. The Hall–Kier alpha value is -3.16. The lowest BCUT2D eigenvalue weighted by Gasteiger charge is -2.27. The molecule has 2 rings (SSSR count). The van der Waals surface area contributed by atoms with Crippen LogP contribution in [0, 0.1) is 17.6 Å². The highest BCUT2D eigenvalue weighted by Crippen LogP contribution is 2.35. The van der Waals surface area contributed by atoms with Gasteiger partial charge in [-0.05, 0) is 63.1 Å². The van der Waals surface area contributed by atoms with Crippen molar-refractivity contribution >= 4 is 11.9 Å². The molecule has 0 amide bonds. The summed E-state index contributed by atoms with van der Waals surface area (Å²) in [6, 6.07) is 8.18. The second kappa shape index (κ2) is 11.3. The third-order valence-electron chi connectivity index (χ3n) is 5.04. The Morgan fingerprint density at radius 3 is 1.74 bits per heavy atom. The number of methoxy groups -OCH3 is 2. The van der Waals surface area contributed by atoms with Crippen LogP contribution in [0.4, 0.5) is 8.78 Å². The van der Waals surface area contributed by atoms with Gasteiger partial charge < -0.3 is 18.9 Å². The highest BCUT2D eigenvalue weighted by Gasteiger charge is 2.30. The van der Waals surface area contributed by atoms with Crippen molar-refractivity contribution < 1.29 is 37.3 Å². The smallest absolute Gasteiger partial charge is 0.309 e. The first-order valence-corrected chi connectivity index (χ1v) is 10.9. The molecule has 0 N–H and O–H groups in total. The summed E-state index contributed by atoms with van der Waals surface area (Å²) in [6.45, 7) is 8.39. The van der Waals surface area contributed by atoms with Crippen molar-refractivity contribution in [2.24, 2.45) is 5.92 Å². The van der Waals surface area contributed by atoms with E-state index in [0.29, 0.717) is 11.1 Å². The molecule has 0 bridgehead atoms. The molecule has 0 aliphatic heterocycles. The van der Waals surface area contributed by atoms with Crippen LogP contribution in [0.15, 0.2) is 36.4 Å². The number of rotatable bonds is 9. The van der Waals surface area contributed by atoms with Gasteiger partial charge in [-0.2, -0.15) is 0 Å². The highest BCUT2D eigenvalue weighted by atomic mass is 19.1. The molecule has 0 saturated carbocycles. The van der Waals surface area contributed by atoms with Crippen LogP contribution < -0.4 is 9.47 Å². The summed E-state index contributed by atoms with van der Waals surface area (Å²) >= 11 is 0. The lowest BCUT2D eigenvalue weighted by atomic mass is 9.86. The molecular formula is C26H32F2O6. The van der Waals surface area contributed by atoms with Crippen LogP contribution in [0.3, 0.4) is 0 Å². The molecule has 2 aromatic carbocycles. The van der Waals surface area contributed by atoms with Gasteiger partial charge in [-0.25, -0.2) is 8.78 Å². The molecule has 0 aromatic heterocycles. The van der Waals surface area contributed by atoms with Gasteiger partial charge in [0.05, 0.1) is 26.6 Å². The van der Waals surface area contributed by atoms with E-state index in [1.807, 2.05) is 0 Å². The Kier molecular flexibility index (Phi) is 9.01. The fraction of sp³-hybridized carbons (Fsp3) is 0.462. The van der Waals surface area contributed by atoms with Crippen molar-refractivity contribution in [3.05, 3.63) is 59.2 Å². The maximum Gasteiger partial charge on any atom is 0.309 e. The number of hydrogen-bond donors (Lipinski definition) is 0. The van der Waals surface area contributed by atoms with Gasteiger partial charge in [0.1, 0.15) is 34.8 Å². The molecule has 34 heavy (non-hydrogen) atoms. The zero-order valence-corrected chi connectivity index (χ0v) is 20.6. The van der Waals surface area contributed by atoms with Gasteiger partial charge >= 0.3 is 11.9 Å². The SMILES string of the molecule is COc1cc(F)cc(C(c2cc(F)cc(OC)c2)[C@H](C)OC(=O)[C@H](C)CC(=O)OC(C)(C)C)c1. The van der Waals surface area contributed by atoms with E-state index in [-0.39, 0.29) is 17.9 Å². The van der Waals surface area contributed by atoms with Gasteiger partial charge in [0.25, 0.3) is 0 Å². The van der Waals surface area contributed by atoms with Crippen molar-refractivity contribution in [3.8, 4) is 11.5 Å². The molecule has 0 spiro atoms. The summed E-state index contributed by atoms with van der Waals surface area (Å²) in [5.74, 6) is -3.26. The van der Waals surface area contributed by atoms with Crippen LogP contribution in [0.1, 0.15) is 58.1 Å². The van der Waals surface area contributed by atoms with Gasteiger partial charge in [0.2, 0.25) is 0 Å². The number of esters is 2. The minimum Gasteiger partial charge on any atom is -0.497 e. The Balaban J connectivity index is 2.36. The molecule has 186 valence electrons. The zero-order valence-electron chi connectivity index (χ0n) is 20.6. The summed E-state index contributed by atoms with van der Waals surface area (Å²) in [6.07, 6.45) is -0.999. The number of benzene rings is 2. The Morgan fingerprint density at radius 2 is 1.32 bits per heavy atom. The van der Waals surface area contributed by atoms with Gasteiger partial charge in [-0.1, -0.05) is 6.92 Å². The molecule has 8 heteroatoms. The van der Waals surface area contributed by atoms with Crippen LogP contribution in [0.25, 0.3) is 0 Å². The molecular weight excluding hydrogens is 446 g/mol. The number of ether oxygens (including phenoxy) is 4. The van der Waals surface area contributed by atoms with Crippen molar-refractivity contribution in [1.82, 2.24) is 0 Å². The lowest BCUT2D eigenvalue weighted by molar-refractivity contribution is -0.163. The standard InChI is InChI=1S/C26H32F2O6/c1-15(8-23(29)34-26(3,4)5)25(30)33-16(2)24(17-9-19(27)13-21(11-17)31-6)18-10-20(28)14-22(12-18)32-7/h9-16,24H,8H2,1-7H3/t15-,16+/m1/s1. The van der Waals surface area contributed by atoms with Crippen molar-refractivity contribution in [2.75, 3.05) is 14.2 Å². The summed E-state index contributed by atoms with van der Waals surface area (Å²) in [7, 11) is 2.81. The number of carbonyl (C=O) groups excluding carboxylic acids is 2. The second-order valence-corrected chi connectivity index (χ2v) is 9.16. The van der Waals surface area contributed by atoms with E-state index in [1.165, 1.54) is 38.5 Å². The normalized spacial score (nSPS) is 13.2. The van der Waals surface area contributed by atoms with Crippen molar-refractivity contribution in [2.45, 2.75) is 58.7 Å². The molecule has 0 radical (unpaired) electrons. The molecule has 0 unspecified atom stereocenters. The van der Waals surface area contributed by atoms with Gasteiger partial charge in [-0.3, -0.25) is 9.59 Å². The number of halogens is 2. The quantitative estimate of drug-likeness (QED) is 0.449. The van der Waals surface area contributed by atoms with Crippen LogP contribution in [-0.2, 0) is 19.1 Å². The maximum atomic E-state index is 14.3. The van der Waals surface area contributed by atoms with Crippen LogP contribution in [-0.4, -0.2) is 37.9 Å². The molecule has 0 aliphatic carbocycles.